The topological polar surface area (TPSA) is 84.8 Å². The molecule has 0 aliphatic rings. The molecule has 2 aromatic rings. The van der Waals surface area contributed by atoms with E-state index in [1.807, 2.05) is 19.0 Å². The van der Waals surface area contributed by atoms with Crippen molar-refractivity contribution in [2.75, 3.05) is 24.7 Å². The van der Waals surface area contributed by atoms with Gasteiger partial charge in [-0.1, -0.05) is 12.1 Å². The third-order valence-electron chi connectivity index (χ3n) is 3.42. The van der Waals surface area contributed by atoms with E-state index in [4.69, 9.17) is 5.73 Å². The molecule has 0 saturated carbocycles. The molecule has 132 valence electrons. The smallest absolute Gasteiger partial charge is 0.391 e. The van der Waals surface area contributed by atoms with Gasteiger partial charge in [0, 0.05) is 32.1 Å². The number of alkyl halides is 3. The molecule has 0 unspecified atom stereocenters. The van der Waals surface area contributed by atoms with Crippen LogP contribution in [0.4, 0.5) is 35.9 Å². The number of aliphatic imine (C=N–C) groups is 1. The van der Waals surface area contributed by atoms with Gasteiger partial charge in [0.1, 0.15) is 5.69 Å². The van der Waals surface area contributed by atoms with Gasteiger partial charge in [-0.25, -0.2) is 0 Å². The third kappa shape index (κ3) is 4.25. The molecule has 0 aliphatic carbocycles. The van der Waals surface area contributed by atoms with Gasteiger partial charge in [-0.05, 0) is 23.8 Å². The molecule has 0 aliphatic heterocycles. The van der Waals surface area contributed by atoms with Crippen LogP contribution in [0, 0.1) is 10.1 Å². The first-order chi connectivity index (χ1) is 11.6. The second kappa shape index (κ2) is 6.80. The molecule has 6 nitrogen and oxygen atoms in total. The zero-order valence-corrected chi connectivity index (χ0v) is 13.4. The molecule has 2 N–H and O–H groups in total. The fraction of sp³-hybridized carbons (Fsp3) is 0.188. The third-order valence-corrected chi connectivity index (χ3v) is 3.42. The van der Waals surface area contributed by atoms with Gasteiger partial charge in [-0.3, -0.25) is 15.1 Å². The highest BCUT2D eigenvalue weighted by molar-refractivity contribution is 5.86. The largest absolute Gasteiger partial charge is 0.416 e. The minimum Gasteiger partial charge on any atom is -0.391 e. The van der Waals surface area contributed by atoms with Crippen molar-refractivity contribution in [3.8, 4) is 0 Å². The number of nitrogen functional groups attached to an aromatic ring is 1. The van der Waals surface area contributed by atoms with Gasteiger partial charge in [-0.2, -0.15) is 13.2 Å². The zero-order valence-electron chi connectivity index (χ0n) is 13.4. The number of halogens is 3. The summed E-state index contributed by atoms with van der Waals surface area (Å²) in [6, 6.07) is 8.14. The molecule has 2 aromatic carbocycles. The Labute approximate surface area is 141 Å². The number of hydrogen-bond donors (Lipinski definition) is 1. The van der Waals surface area contributed by atoms with Crippen molar-refractivity contribution in [3.05, 3.63) is 57.6 Å². The Bertz CT molecular complexity index is 815. The van der Waals surface area contributed by atoms with Crippen molar-refractivity contribution < 1.29 is 18.1 Å². The van der Waals surface area contributed by atoms with Crippen molar-refractivity contribution in [2.24, 2.45) is 4.99 Å². The highest BCUT2D eigenvalue weighted by Crippen LogP contribution is 2.39. The van der Waals surface area contributed by atoms with Crippen LogP contribution >= 0.6 is 0 Å². The molecule has 0 radical (unpaired) electrons. The van der Waals surface area contributed by atoms with Crippen molar-refractivity contribution in [1.29, 1.82) is 0 Å². The maximum atomic E-state index is 12.9. The lowest BCUT2D eigenvalue weighted by Crippen LogP contribution is -2.08. The Morgan fingerprint density at radius 2 is 1.80 bits per heavy atom. The maximum absolute atomic E-state index is 12.9. The zero-order chi connectivity index (χ0) is 18.8. The van der Waals surface area contributed by atoms with Gasteiger partial charge in [0.25, 0.3) is 5.69 Å². The van der Waals surface area contributed by atoms with E-state index >= 15 is 0 Å². The van der Waals surface area contributed by atoms with Crippen LogP contribution in [0.5, 0.6) is 0 Å². The van der Waals surface area contributed by atoms with Crippen molar-refractivity contribution >= 4 is 29.0 Å². The first kappa shape index (κ1) is 18.2. The average molecular weight is 352 g/mol. The van der Waals surface area contributed by atoms with Gasteiger partial charge < -0.3 is 10.6 Å². The molecule has 2 rings (SSSR count). The summed E-state index contributed by atoms with van der Waals surface area (Å²) in [5.41, 5.74) is 4.42. The van der Waals surface area contributed by atoms with Gasteiger partial charge in [0.2, 0.25) is 0 Å². The van der Waals surface area contributed by atoms with Crippen LogP contribution in [0.25, 0.3) is 0 Å². The number of hydrogen-bond acceptors (Lipinski definition) is 5. The van der Waals surface area contributed by atoms with E-state index in [-0.39, 0.29) is 5.69 Å². The van der Waals surface area contributed by atoms with E-state index in [9.17, 15) is 23.3 Å². The maximum Gasteiger partial charge on any atom is 0.416 e. The average Bonchev–Trinajstić information content (AvgIpc) is 2.52. The number of nitrogens with two attached hydrogens (primary N) is 1. The van der Waals surface area contributed by atoms with E-state index in [2.05, 4.69) is 4.99 Å². The summed E-state index contributed by atoms with van der Waals surface area (Å²) in [6.45, 7) is 0. The quantitative estimate of drug-likeness (QED) is 0.390. The number of rotatable bonds is 4. The summed E-state index contributed by atoms with van der Waals surface area (Å²) in [6.07, 6.45) is -3.44. The fourth-order valence-corrected chi connectivity index (χ4v) is 2.05. The molecule has 0 fully saturated rings. The first-order valence-corrected chi connectivity index (χ1v) is 7.06. The predicted molar refractivity (Wildman–Crippen MR) is 90.5 cm³/mol. The van der Waals surface area contributed by atoms with Gasteiger partial charge in [0.05, 0.1) is 16.2 Å². The molecular formula is C16H15F3N4O2. The minimum atomic E-state index is -4.74. The molecule has 0 saturated heterocycles. The number of nitrogens with zero attached hydrogens (tertiary/aromatic N) is 3. The molecule has 0 spiro atoms. The summed E-state index contributed by atoms with van der Waals surface area (Å²) in [7, 11) is 3.73. The van der Waals surface area contributed by atoms with Gasteiger partial charge in [-0.15, -0.1) is 0 Å². The van der Waals surface area contributed by atoms with Crippen LogP contribution in [0.1, 0.15) is 11.1 Å². The highest BCUT2D eigenvalue weighted by Gasteiger charge is 2.34. The van der Waals surface area contributed by atoms with E-state index in [1.54, 1.807) is 24.3 Å². The lowest BCUT2D eigenvalue weighted by molar-refractivity contribution is -0.384. The van der Waals surface area contributed by atoms with Crippen LogP contribution in [0.15, 0.2) is 41.4 Å². The summed E-state index contributed by atoms with van der Waals surface area (Å²) in [5.74, 6) is 0. The molecule has 9 heteroatoms. The highest BCUT2D eigenvalue weighted by atomic mass is 19.4. The Kier molecular flexibility index (Phi) is 4.96. The number of nitro groups is 1. The van der Waals surface area contributed by atoms with Crippen LogP contribution in [-0.2, 0) is 6.18 Å². The summed E-state index contributed by atoms with van der Waals surface area (Å²) < 4.78 is 38.7. The number of anilines is 2. The number of nitro benzene ring substituents is 1. The molecule has 0 bridgehead atoms. The lowest BCUT2D eigenvalue weighted by atomic mass is 10.1. The van der Waals surface area contributed by atoms with Crippen LogP contribution in [-0.4, -0.2) is 25.2 Å². The SMILES string of the molecule is CN(C)c1ccc(C=Nc2cc(C(F)(F)F)cc([N+](=O)[O-])c2N)cc1. The predicted octanol–water partition coefficient (Wildman–Crippen LogP) is 4.01. The Hall–Kier alpha value is -3.10. The van der Waals surface area contributed by atoms with Crippen LogP contribution < -0.4 is 10.6 Å². The Balaban J connectivity index is 2.43. The van der Waals surface area contributed by atoms with Crippen LogP contribution in [0.3, 0.4) is 0 Å². The van der Waals surface area contributed by atoms with Gasteiger partial charge in [0.15, 0.2) is 0 Å². The minimum absolute atomic E-state index is 0.307. The van der Waals surface area contributed by atoms with Crippen LogP contribution in [0.2, 0.25) is 0 Å². The van der Waals surface area contributed by atoms with E-state index in [1.165, 1.54) is 6.21 Å². The van der Waals surface area contributed by atoms with E-state index in [0.29, 0.717) is 17.7 Å². The Morgan fingerprint density at radius 3 is 2.28 bits per heavy atom. The van der Waals surface area contributed by atoms with Crippen molar-refractivity contribution in [1.82, 2.24) is 0 Å². The summed E-state index contributed by atoms with van der Waals surface area (Å²) in [4.78, 5) is 15.8. The van der Waals surface area contributed by atoms with E-state index < -0.39 is 28.0 Å². The molecule has 25 heavy (non-hydrogen) atoms. The fourth-order valence-electron chi connectivity index (χ4n) is 2.05. The molecular weight excluding hydrogens is 337 g/mol. The van der Waals surface area contributed by atoms with E-state index in [0.717, 1.165) is 5.69 Å². The number of benzene rings is 2. The second-order valence-electron chi connectivity index (χ2n) is 5.43. The molecule has 0 atom stereocenters. The molecule has 0 aromatic heterocycles. The summed E-state index contributed by atoms with van der Waals surface area (Å²) in [5, 5.41) is 10.9. The van der Waals surface area contributed by atoms with Crippen molar-refractivity contribution in [2.45, 2.75) is 6.18 Å². The molecule has 0 heterocycles. The monoisotopic (exact) mass is 352 g/mol. The summed E-state index contributed by atoms with van der Waals surface area (Å²) >= 11 is 0. The normalized spacial score (nSPS) is 11.7. The second-order valence-corrected chi connectivity index (χ2v) is 5.43. The lowest BCUT2D eigenvalue weighted by Gasteiger charge is -2.11. The van der Waals surface area contributed by atoms with Gasteiger partial charge >= 0.3 is 6.18 Å². The molecule has 0 amide bonds. The van der Waals surface area contributed by atoms with Crippen molar-refractivity contribution in [3.63, 3.8) is 0 Å². The standard InChI is InChI=1S/C16H15F3N4O2/c1-22(2)12-5-3-10(4-6-12)9-21-13-7-11(16(17,18)19)8-14(15(13)20)23(24)25/h3-9H,20H2,1-2H3. The first-order valence-electron chi connectivity index (χ1n) is 7.06. The Morgan fingerprint density at radius 1 is 1.20 bits per heavy atom.